The van der Waals surface area contributed by atoms with Gasteiger partial charge in [0.2, 0.25) is 6.79 Å². The molecule has 0 aromatic heterocycles. The molecule has 70 valence electrons. The van der Waals surface area contributed by atoms with Crippen LogP contribution in [-0.2, 0) is 0 Å². The first-order chi connectivity index (χ1) is 6.31. The third kappa shape index (κ3) is 1.69. The summed E-state index contributed by atoms with van der Waals surface area (Å²) in [7, 11) is 0. The van der Waals surface area contributed by atoms with Crippen molar-refractivity contribution in [1.82, 2.24) is 0 Å². The van der Waals surface area contributed by atoms with Crippen molar-refractivity contribution in [1.29, 1.82) is 0 Å². The monoisotopic (exact) mass is 218 g/mol. The minimum atomic E-state index is -0.170. The molecule has 0 radical (unpaired) electrons. The van der Waals surface area contributed by atoms with Gasteiger partial charge in [-0.15, -0.1) is 23.2 Å². The molecule has 0 N–H and O–H groups in total. The van der Waals surface area contributed by atoms with Gasteiger partial charge in [-0.05, 0) is 17.7 Å². The van der Waals surface area contributed by atoms with E-state index in [0.29, 0.717) is 5.88 Å². The fourth-order valence-electron chi connectivity index (χ4n) is 1.20. The highest BCUT2D eigenvalue weighted by Gasteiger charge is 2.15. The van der Waals surface area contributed by atoms with Gasteiger partial charge >= 0.3 is 0 Å². The van der Waals surface area contributed by atoms with Crippen LogP contribution in [0.15, 0.2) is 18.2 Å². The van der Waals surface area contributed by atoms with E-state index < -0.39 is 0 Å². The molecule has 0 fully saturated rings. The first-order valence-corrected chi connectivity index (χ1v) is 4.88. The molecule has 13 heavy (non-hydrogen) atoms. The van der Waals surface area contributed by atoms with Gasteiger partial charge in [0, 0.05) is 5.88 Å². The summed E-state index contributed by atoms with van der Waals surface area (Å²) in [5.41, 5.74) is 0.959. The smallest absolute Gasteiger partial charge is 0.231 e. The van der Waals surface area contributed by atoms with E-state index in [1.165, 1.54) is 0 Å². The van der Waals surface area contributed by atoms with E-state index >= 15 is 0 Å². The maximum atomic E-state index is 5.96. The van der Waals surface area contributed by atoms with Gasteiger partial charge in [0.05, 0.1) is 5.38 Å². The fourth-order valence-corrected chi connectivity index (χ4v) is 1.51. The Hall–Kier alpha value is -0.600. The highest BCUT2D eigenvalue weighted by atomic mass is 35.5. The van der Waals surface area contributed by atoms with E-state index in [4.69, 9.17) is 32.7 Å². The highest BCUT2D eigenvalue weighted by molar-refractivity contribution is 6.28. The molecular weight excluding hydrogens is 211 g/mol. The van der Waals surface area contributed by atoms with Gasteiger partial charge in [0.15, 0.2) is 11.5 Å². The number of ether oxygens (including phenoxy) is 2. The molecule has 0 saturated carbocycles. The third-order valence-corrected chi connectivity index (χ3v) is 2.77. The number of hydrogen-bond acceptors (Lipinski definition) is 2. The number of alkyl halides is 2. The quantitative estimate of drug-likeness (QED) is 0.712. The summed E-state index contributed by atoms with van der Waals surface area (Å²) in [6.45, 7) is 0.284. The van der Waals surface area contributed by atoms with Crippen LogP contribution in [0.4, 0.5) is 0 Å². The average Bonchev–Trinajstić information content (AvgIpc) is 2.63. The van der Waals surface area contributed by atoms with Crippen LogP contribution in [0.2, 0.25) is 0 Å². The van der Waals surface area contributed by atoms with Crippen LogP contribution in [0.5, 0.6) is 11.5 Å². The van der Waals surface area contributed by atoms with Crippen LogP contribution in [0.1, 0.15) is 10.9 Å². The molecule has 1 aromatic rings. The van der Waals surface area contributed by atoms with Crippen molar-refractivity contribution < 1.29 is 9.47 Å². The minimum absolute atomic E-state index is 0.170. The minimum Gasteiger partial charge on any atom is -0.454 e. The van der Waals surface area contributed by atoms with Gasteiger partial charge in [-0.2, -0.15) is 0 Å². The number of fused-ring (bicyclic) bond motifs is 1. The van der Waals surface area contributed by atoms with Crippen LogP contribution in [-0.4, -0.2) is 12.7 Å². The van der Waals surface area contributed by atoms with Gasteiger partial charge in [-0.3, -0.25) is 0 Å². The Morgan fingerprint density at radius 3 is 2.85 bits per heavy atom. The van der Waals surface area contributed by atoms with E-state index in [1.807, 2.05) is 18.2 Å². The standard InChI is InChI=1S/C9H8Cl2O2/c10-4-7(11)6-1-2-8-9(3-6)13-5-12-8/h1-3,7H,4-5H2. The first kappa shape index (κ1) is 8.97. The Kier molecular flexibility index (Phi) is 2.51. The van der Waals surface area contributed by atoms with Crippen LogP contribution in [0.25, 0.3) is 0 Å². The van der Waals surface area contributed by atoms with E-state index in [2.05, 4.69) is 0 Å². The van der Waals surface area contributed by atoms with Gasteiger partial charge in [-0.25, -0.2) is 0 Å². The second kappa shape index (κ2) is 3.64. The summed E-state index contributed by atoms with van der Waals surface area (Å²) in [6.07, 6.45) is 0. The van der Waals surface area contributed by atoms with Gasteiger partial charge < -0.3 is 9.47 Å². The summed E-state index contributed by atoms with van der Waals surface area (Å²) in [5, 5.41) is -0.170. The van der Waals surface area contributed by atoms with Crippen molar-refractivity contribution in [2.24, 2.45) is 0 Å². The molecule has 0 spiro atoms. The number of benzene rings is 1. The molecule has 1 aromatic carbocycles. The van der Waals surface area contributed by atoms with E-state index in [9.17, 15) is 0 Å². The highest BCUT2D eigenvalue weighted by Crippen LogP contribution is 2.35. The Morgan fingerprint density at radius 1 is 1.31 bits per heavy atom. The Balaban J connectivity index is 2.30. The zero-order chi connectivity index (χ0) is 9.26. The van der Waals surface area contributed by atoms with Crippen molar-refractivity contribution >= 4 is 23.2 Å². The molecule has 1 aliphatic rings. The lowest BCUT2D eigenvalue weighted by Gasteiger charge is -2.05. The van der Waals surface area contributed by atoms with Crippen molar-refractivity contribution in [3.63, 3.8) is 0 Å². The van der Waals surface area contributed by atoms with E-state index in [-0.39, 0.29) is 12.2 Å². The number of halogens is 2. The maximum absolute atomic E-state index is 5.96. The third-order valence-electron chi connectivity index (χ3n) is 1.89. The topological polar surface area (TPSA) is 18.5 Å². The van der Waals surface area contributed by atoms with Crippen LogP contribution in [0, 0.1) is 0 Å². The van der Waals surface area contributed by atoms with Gasteiger partial charge in [-0.1, -0.05) is 6.07 Å². The molecule has 1 atom stereocenters. The van der Waals surface area contributed by atoms with Crippen molar-refractivity contribution in [3.8, 4) is 11.5 Å². The maximum Gasteiger partial charge on any atom is 0.231 e. The number of rotatable bonds is 2. The van der Waals surface area contributed by atoms with Crippen LogP contribution < -0.4 is 9.47 Å². The van der Waals surface area contributed by atoms with Crippen molar-refractivity contribution in [2.75, 3.05) is 12.7 Å². The summed E-state index contributed by atoms with van der Waals surface area (Å²) >= 11 is 11.6. The second-order valence-corrected chi connectivity index (χ2v) is 3.57. The van der Waals surface area contributed by atoms with Crippen molar-refractivity contribution in [3.05, 3.63) is 23.8 Å². The molecule has 0 saturated heterocycles. The molecule has 0 bridgehead atoms. The molecule has 2 rings (SSSR count). The Bertz CT molecular complexity index is 314. The van der Waals surface area contributed by atoms with E-state index in [0.717, 1.165) is 17.1 Å². The molecule has 1 heterocycles. The molecule has 2 nitrogen and oxygen atoms in total. The average molecular weight is 219 g/mol. The SMILES string of the molecule is ClCC(Cl)c1ccc2c(c1)OCO2. The predicted molar refractivity (Wildman–Crippen MR) is 51.9 cm³/mol. The molecule has 0 amide bonds. The Morgan fingerprint density at radius 2 is 2.08 bits per heavy atom. The lowest BCUT2D eigenvalue weighted by molar-refractivity contribution is 0.174. The summed E-state index contributed by atoms with van der Waals surface area (Å²) in [4.78, 5) is 0. The lowest BCUT2D eigenvalue weighted by Crippen LogP contribution is -1.93. The first-order valence-electron chi connectivity index (χ1n) is 3.91. The number of hydrogen-bond donors (Lipinski definition) is 0. The fraction of sp³-hybridized carbons (Fsp3) is 0.333. The molecule has 4 heteroatoms. The van der Waals surface area contributed by atoms with E-state index in [1.54, 1.807) is 0 Å². The molecule has 0 aliphatic carbocycles. The summed E-state index contributed by atoms with van der Waals surface area (Å²) in [5.74, 6) is 1.90. The zero-order valence-electron chi connectivity index (χ0n) is 6.80. The predicted octanol–water partition coefficient (Wildman–Crippen LogP) is 2.93. The summed E-state index contributed by atoms with van der Waals surface area (Å²) in [6, 6.07) is 5.61. The molecular formula is C9H8Cl2O2. The van der Waals surface area contributed by atoms with Crippen LogP contribution >= 0.6 is 23.2 Å². The lowest BCUT2D eigenvalue weighted by atomic mass is 10.1. The molecule has 1 unspecified atom stereocenters. The Labute approximate surface area is 86.4 Å². The van der Waals surface area contributed by atoms with Crippen molar-refractivity contribution in [2.45, 2.75) is 5.38 Å². The largest absolute Gasteiger partial charge is 0.454 e. The normalized spacial score (nSPS) is 15.8. The second-order valence-electron chi connectivity index (χ2n) is 2.73. The van der Waals surface area contributed by atoms with Crippen LogP contribution in [0.3, 0.4) is 0 Å². The van der Waals surface area contributed by atoms with Gasteiger partial charge in [0.1, 0.15) is 0 Å². The van der Waals surface area contributed by atoms with Gasteiger partial charge in [0.25, 0.3) is 0 Å². The molecule has 1 aliphatic heterocycles. The zero-order valence-corrected chi connectivity index (χ0v) is 8.31. The summed E-state index contributed by atoms with van der Waals surface area (Å²) < 4.78 is 10.4.